The summed E-state index contributed by atoms with van der Waals surface area (Å²) in [5.74, 6) is 5.62. The molecule has 3 N–H and O–H groups in total. The van der Waals surface area contributed by atoms with E-state index in [1.165, 1.54) is 0 Å². The zero-order valence-corrected chi connectivity index (χ0v) is 12.2. The molecule has 0 aliphatic carbocycles. The van der Waals surface area contributed by atoms with E-state index >= 15 is 0 Å². The third-order valence-corrected chi connectivity index (χ3v) is 3.23. The first-order valence-corrected chi connectivity index (χ1v) is 7.49. The van der Waals surface area contributed by atoms with Crippen LogP contribution < -0.4 is 9.44 Å². The number of carbonyl (C=O) groups excluding carboxylic acids is 1. The van der Waals surface area contributed by atoms with Gasteiger partial charge in [0.25, 0.3) is 0 Å². The molecule has 0 aromatic heterocycles. The predicted molar refractivity (Wildman–Crippen MR) is 76.3 cm³/mol. The molecule has 0 saturated carbocycles. The predicted octanol–water partition coefficient (Wildman–Crippen LogP) is 0.111. The molecule has 0 radical (unpaired) electrons. The Kier molecular flexibility index (Phi) is 6.68. The van der Waals surface area contributed by atoms with Crippen LogP contribution in [0.5, 0.6) is 0 Å². The number of aliphatic hydroxyl groups is 1. The van der Waals surface area contributed by atoms with Crippen LogP contribution in [-0.4, -0.2) is 33.3 Å². The number of ether oxygens (including phenoxy) is 1. The van der Waals surface area contributed by atoms with E-state index in [0.29, 0.717) is 17.5 Å². The quantitative estimate of drug-likeness (QED) is 0.669. The molecule has 0 aliphatic heterocycles. The van der Waals surface area contributed by atoms with Crippen LogP contribution in [0, 0.1) is 11.8 Å². The Hall–Kier alpha value is -2.08. The standard InChI is InChI=1S/C13H16N2O5S/c1-20-13(17)15-21(18,19)14-10-12-7-4-6-11(9-12)5-2-3-8-16/h4,6-7,9,14,16H,3,8,10H2,1H3,(H,15,17). The van der Waals surface area contributed by atoms with Crippen molar-refractivity contribution < 1.29 is 23.1 Å². The van der Waals surface area contributed by atoms with E-state index in [1.54, 1.807) is 29.0 Å². The molecular weight excluding hydrogens is 296 g/mol. The highest BCUT2D eigenvalue weighted by atomic mass is 32.2. The summed E-state index contributed by atoms with van der Waals surface area (Å²) < 4.78 is 31.1. The van der Waals surface area contributed by atoms with Gasteiger partial charge >= 0.3 is 16.3 Å². The van der Waals surface area contributed by atoms with Crippen molar-refractivity contribution in [3.05, 3.63) is 35.4 Å². The van der Waals surface area contributed by atoms with Gasteiger partial charge in [0.2, 0.25) is 0 Å². The lowest BCUT2D eigenvalue weighted by molar-refractivity contribution is 0.177. The number of hydrogen-bond donors (Lipinski definition) is 3. The number of methoxy groups -OCH3 is 1. The highest BCUT2D eigenvalue weighted by molar-refractivity contribution is 7.88. The van der Waals surface area contributed by atoms with E-state index in [2.05, 4.69) is 21.3 Å². The van der Waals surface area contributed by atoms with Crippen molar-refractivity contribution in [1.82, 2.24) is 9.44 Å². The third-order valence-electron chi connectivity index (χ3n) is 2.27. The summed E-state index contributed by atoms with van der Waals surface area (Å²) in [5, 5.41) is 8.64. The lowest BCUT2D eigenvalue weighted by Gasteiger charge is -2.07. The summed E-state index contributed by atoms with van der Waals surface area (Å²) in [6, 6.07) is 6.94. The first-order chi connectivity index (χ1) is 9.96. The van der Waals surface area contributed by atoms with Crippen molar-refractivity contribution in [1.29, 1.82) is 0 Å². The SMILES string of the molecule is COC(=O)NS(=O)(=O)NCc1cccc(C#CCCO)c1. The molecule has 1 rings (SSSR count). The van der Waals surface area contributed by atoms with Crippen molar-refractivity contribution >= 4 is 16.3 Å². The molecule has 114 valence electrons. The van der Waals surface area contributed by atoms with Crippen LogP contribution in [0.3, 0.4) is 0 Å². The van der Waals surface area contributed by atoms with Crippen molar-refractivity contribution in [3.8, 4) is 11.8 Å². The first-order valence-electron chi connectivity index (χ1n) is 6.01. The molecule has 0 fully saturated rings. The number of benzene rings is 1. The summed E-state index contributed by atoms with van der Waals surface area (Å²) in [5.41, 5.74) is 1.39. The maximum absolute atomic E-state index is 11.5. The third kappa shape index (κ3) is 6.76. The van der Waals surface area contributed by atoms with Gasteiger partial charge in [0.05, 0.1) is 13.7 Å². The number of aliphatic hydroxyl groups excluding tert-OH is 1. The second-order valence-electron chi connectivity index (χ2n) is 3.89. The van der Waals surface area contributed by atoms with Gasteiger partial charge in [-0.25, -0.2) is 9.52 Å². The van der Waals surface area contributed by atoms with Crippen LogP contribution in [-0.2, 0) is 21.5 Å². The summed E-state index contributed by atoms with van der Waals surface area (Å²) in [6.45, 7) is -0.00641. The van der Waals surface area contributed by atoms with E-state index in [9.17, 15) is 13.2 Å². The van der Waals surface area contributed by atoms with E-state index in [1.807, 2.05) is 0 Å². The monoisotopic (exact) mass is 312 g/mol. The summed E-state index contributed by atoms with van der Waals surface area (Å²) >= 11 is 0. The lowest BCUT2D eigenvalue weighted by Crippen LogP contribution is -2.39. The molecule has 1 aromatic carbocycles. The largest absolute Gasteiger partial charge is 0.452 e. The van der Waals surface area contributed by atoms with Crippen molar-refractivity contribution in [2.75, 3.05) is 13.7 Å². The smallest absolute Gasteiger partial charge is 0.421 e. The van der Waals surface area contributed by atoms with Gasteiger partial charge in [-0.05, 0) is 17.7 Å². The zero-order valence-electron chi connectivity index (χ0n) is 11.4. The highest BCUT2D eigenvalue weighted by Crippen LogP contribution is 2.04. The fourth-order valence-corrected chi connectivity index (χ4v) is 2.08. The molecule has 1 aromatic rings. The minimum atomic E-state index is -3.97. The van der Waals surface area contributed by atoms with Gasteiger partial charge in [0, 0.05) is 18.5 Å². The zero-order chi connectivity index (χ0) is 15.7. The topological polar surface area (TPSA) is 105 Å². The van der Waals surface area contributed by atoms with Gasteiger partial charge in [-0.2, -0.15) is 13.1 Å². The Morgan fingerprint density at radius 1 is 1.43 bits per heavy atom. The summed E-state index contributed by atoms with van der Waals surface area (Å²) in [7, 11) is -2.90. The summed E-state index contributed by atoms with van der Waals surface area (Å²) in [6.07, 6.45) is -0.689. The van der Waals surface area contributed by atoms with Gasteiger partial charge in [-0.3, -0.25) is 0 Å². The Labute approximate surface area is 123 Å². The van der Waals surface area contributed by atoms with Crippen LogP contribution in [0.2, 0.25) is 0 Å². The normalized spacial score (nSPS) is 10.4. The summed E-state index contributed by atoms with van der Waals surface area (Å²) in [4.78, 5) is 10.8. The van der Waals surface area contributed by atoms with Gasteiger partial charge in [0.1, 0.15) is 0 Å². The highest BCUT2D eigenvalue weighted by Gasteiger charge is 2.13. The molecule has 0 aliphatic rings. The second-order valence-corrected chi connectivity index (χ2v) is 5.39. The van der Waals surface area contributed by atoms with Gasteiger partial charge in [0.15, 0.2) is 0 Å². The Bertz CT molecular complexity index is 646. The number of rotatable bonds is 5. The maximum Gasteiger partial charge on any atom is 0.421 e. The van der Waals surface area contributed by atoms with E-state index in [4.69, 9.17) is 5.11 Å². The van der Waals surface area contributed by atoms with E-state index in [-0.39, 0.29) is 13.2 Å². The van der Waals surface area contributed by atoms with Crippen LogP contribution in [0.15, 0.2) is 24.3 Å². The minimum absolute atomic E-state index is 0.00183. The first kappa shape index (κ1) is 17.0. The minimum Gasteiger partial charge on any atom is -0.452 e. The Balaban J connectivity index is 2.66. The number of nitrogens with one attached hydrogen (secondary N) is 2. The van der Waals surface area contributed by atoms with Crippen LogP contribution in [0.25, 0.3) is 0 Å². The van der Waals surface area contributed by atoms with Gasteiger partial charge in [-0.15, -0.1) is 0 Å². The molecule has 21 heavy (non-hydrogen) atoms. The molecule has 0 saturated heterocycles. The molecule has 0 heterocycles. The number of carbonyl (C=O) groups is 1. The molecule has 0 bridgehead atoms. The molecule has 7 nitrogen and oxygen atoms in total. The molecule has 0 unspecified atom stereocenters. The Morgan fingerprint density at radius 3 is 2.86 bits per heavy atom. The second kappa shape index (κ2) is 8.26. The molecular formula is C13H16N2O5S. The van der Waals surface area contributed by atoms with Gasteiger partial charge < -0.3 is 9.84 Å². The van der Waals surface area contributed by atoms with Crippen LogP contribution >= 0.6 is 0 Å². The van der Waals surface area contributed by atoms with E-state index < -0.39 is 16.3 Å². The fraction of sp³-hybridized carbons (Fsp3) is 0.308. The average Bonchev–Trinajstić information content (AvgIpc) is 2.45. The maximum atomic E-state index is 11.5. The molecule has 0 spiro atoms. The molecule has 1 amide bonds. The average molecular weight is 312 g/mol. The van der Waals surface area contributed by atoms with Crippen molar-refractivity contribution in [2.24, 2.45) is 0 Å². The van der Waals surface area contributed by atoms with Crippen molar-refractivity contribution in [3.63, 3.8) is 0 Å². The molecule has 8 heteroatoms. The van der Waals surface area contributed by atoms with Crippen LogP contribution in [0.1, 0.15) is 17.5 Å². The number of hydrogen-bond acceptors (Lipinski definition) is 5. The van der Waals surface area contributed by atoms with E-state index in [0.717, 1.165) is 7.11 Å². The van der Waals surface area contributed by atoms with Gasteiger partial charge in [-0.1, -0.05) is 24.0 Å². The number of amides is 1. The molecule has 0 atom stereocenters. The van der Waals surface area contributed by atoms with Crippen molar-refractivity contribution in [2.45, 2.75) is 13.0 Å². The Morgan fingerprint density at radius 2 is 2.19 bits per heavy atom. The fourth-order valence-electron chi connectivity index (χ4n) is 1.35. The lowest BCUT2D eigenvalue weighted by atomic mass is 10.1. The van der Waals surface area contributed by atoms with Crippen LogP contribution in [0.4, 0.5) is 4.79 Å².